The lowest BCUT2D eigenvalue weighted by molar-refractivity contribution is -0.121. The van der Waals surface area contributed by atoms with Crippen molar-refractivity contribution in [3.63, 3.8) is 0 Å². The van der Waals surface area contributed by atoms with Gasteiger partial charge in [-0.25, -0.2) is 27.1 Å². The van der Waals surface area contributed by atoms with Gasteiger partial charge in [0.1, 0.15) is 11.5 Å². The molecule has 0 aromatic heterocycles. The minimum absolute atomic E-state index is 0.0434. The molecule has 2 amide bonds. The maximum Gasteiger partial charge on any atom is 0.264 e. The number of fused-ring (bicyclic) bond motifs is 2. The topological polar surface area (TPSA) is 188 Å². The zero-order chi connectivity index (χ0) is 23.0. The van der Waals surface area contributed by atoms with Gasteiger partial charge in [-0.2, -0.15) is 0 Å². The second-order valence-corrected chi connectivity index (χ2v) is 9.58. The van der Waals surface area contributed by atoms with E-state index in [-0.39, 0.29) is 34.8 Å². The minimum atomic E-state index is -3.77. The van der Waals surface area contributed by atoms with Crippen LogP contribution in [0.5, 0.6) is 11.5 Å². The SMILES string of the molecule is CN1C(=O)COc2ccc(S(N)(=O)=O)cc21.NS(=O)(=O)c1ccc2c(c1)NC(=O)CO2. The van der Waals surface area contributed by atoms with Crippen molar-refractivity contribution in [1.29, 1.82) is 0 Å². The highest BCUT2D eigenvalue weighted by atomic mass is 32.2. The summed E-state index contributed by atoms with van der Waals surface area (Å²) in [6, 6.07) is 8.19. The average molecular weight is 470 g/mol. The third-order valence-electron chi connectivity index (χ3n) is 4.26. The molecule has 5 N–H and O–H groups in total. The first kappa shape index (κ1) is 22.5. The first-order valence-corrected chi connectivity index (χ1v) is 11.6. The lowest BCUT2D eigenvalue weighted by atomic mass is 10.2. The van der Waals surface area contributed by atoms with Crippen molar-refractivity contribution in [2.24, 2.45) is 10.3 Å². The van der Waals surface area contributed by atoms with Crippen molar-refractivity contribution in [3.8, 4) is 11.5 Å². The number of carbonyl (C=O) groups is 2. The van der Waals surface area contributed by atoms with Crippen molar-refractivity contribution < 1.29 is 35.9 Å². The summed E-state index contributed by atoms with van der Waals surface area (Å²) >= 11 is 0. The lowest BCUT2D eigenvalue weighted by Crippen LogP contribution is -2.35. The first-order valence-electron chi connectivity index (χ1n) is 8.52. The van der Waals surface area contributed by atoms with Gasteiger partial charge in [0.2, 0.25) is 20.0 Å². The Morgan fingerprint density at radius 1 is 0.871 bits per heavy atom. The van der Waals surface area contributed by atoms with Crippen LogP contribution in [0.15, 0.2) is 46.2 Å². The predicted octanol–water partition coefficient (Wildman–Crippen LogP) is -0.646. The van der Waals surface area contributed by atoms with Crippen LogP contribution in [0, 0.1) is 0 Å². The second-order valence-electron chi connectivity index (χ2n) is 6.46. The highest BCUT2D eigenvalue weighted by Crippen LogP contribution is 2.33. The first-order chi connectivity index (χ1) is 14.4. The molecule has 0 saturated carbocycles. The summed E-state index contributed by atoms with van der Waals surface area (Å²) in [5.74, 6) is 0.338. The van der Waals surface area contributed by atoms with Gasteiger partial charge in [-0.15, -0.1) is 0 Å². The molecule has 2 aliphatic rings. The largest absolute Gasteiger partial charge is 0.482 e. The fourth-order valence-corrected chi connectivity index (χ4v) is 3.74. The zero-order valence-electron chi connectivity index (χ0n) is 16.1. The molecule has 0 saturated heterocycles. The molecule has 166 valence electrons. The van der Waals surface area contributed by atoms with Crippen molar-refractivity contribution in [2.45, 2.75) is 9.79 Å². The second kappa shape index (κ2) is 8.14. The highest BCUT2D eigenvalue weighted by molar-refractivity contribution is 7.89. The van der Waals surface area contributed by atoms with Crippen molar-refractivity contribution in [2.75, 3.05) is 30.5 Å². The molecule has 2 heterocycles. The van der Waals surface area contributed by atoms with E-state index in [4.69, 9.17) is 19.8 Å². The number of benzene rings is 2. The summed E-state index contributed by atoms with van der Waals surface area (Å²) < 4.78 is 54.5. The Labute approximate surface area is 177 Å². The zero-order valence-corrected chi connectivity index (χ0v) is 17.7. The summed E-state index contributed by atoms with van der Waals surface area (Å²) in [5.41, 5.74) is 0.723. The van der Waals surface area contributed by atoms with Gasteiger partial charge in [-0.05, 0) is 36.4 Å². The van der Waals surface area contributed by atoms with Gasteiger partial charge in [-0.3, -0.25) is 9.59 Å². The molecule has 2 aliphatic heterocycles. The minimum Gasteiger partial charge on any atom is -0.482 e. The van der Waals surface area contributed by atoms with Gasteiger partial charge in [0.15, 0.2) is 13.2 Å². The Hall–Kier alpha value is -3.20. The molecule has 2 aromatic carbocycles. The average Bonchev–Trinajstić information content (AvgIpc) is 2.69. The summed E-state index contributed by atoms with van der Waals surface area (Å²) in [6.45, 7) is -0.111. The van der Waals surface area contributed by atoms with Crippen LogP contribution in [-0.4, -0.2) is 48.9 Å². The molecule has 12 nitrogen and oxygen atoms in total. The summed E-state index contributed by atoms with van der Waals surface area (Å²) in [5, 5.41) is 12.4. The number of anilines is 2. The van der Waals surface area contributed by atoms with Crippen LogP contribution in [0.1, 0.15) is 0 Å². The van der Waals surface area contributed by atoms with Crippen molar-refractivity contribution in [1.82, 2.24) is 0 Å². The van der Waals surface area contributed by atoms with Crippen LogP contribution < -0.4 is 30.0 Å². The number of nitrogens with two attached hydrogens (primary N) is 2. The Bertz CT molecular complexity index is 1280. The van der Waals surface area contributed by atoms with E-state index in [9.17, 15) is 26.4 Å². The number of rotatable bonds is 2. The van der Waals surface area contributed by atoms with Gasteiger partial charge in [0.25, 0.3) is 11.8 Å². The quantitative estimate of drug-likeness (QED) is 0.516. The Kier molecular flexibility index (Phi) is 5.91. The lowest BCUT2D eigenvalue weighted by Gasteiger charge is -2.26. The van der Waals surface area contributed by atoms with Gasteiger partial charge < -0.3 is 19.7 Å². The van der Waals surface area contributed by atoms with E-state index in [1.54, 1.807) is 7.05 Å². The van der Waals surface area contributed by atoms with E-state index < -0.39 is 20.0 Å². The third kappa shape index (κ3) is 5.11. The molecule has 0 fully saturated rings. The van der Waals surface area contributed by atoms with Crippen LogP contribution in [0.2, 0.25) is 0 Å². The van der Waals surface area contributed by atoms with Crippen molar-refractivity contribution in [3.05, 3.63) is 36.4 Å². The smallest absolute Gasteiger partial charge is 0.264 e. The fourth-order valence-electron chi connectivity index (χ4n) is 2.67. The molecule has 0 aliphatic carbocycles. The molecule has 0 unspecified atom stereocenters. The van der Waals surface area contributed by atoms with Crippen molar-refractivity contribution >= 4 is 43.2 Å². The molecule has 0 bridgehead atoms. The number of ether oxygens (including phenoxy) is 2. The van der Waals surface area contributed by atoms with Gasteiger partial charge in [0.05, 0.1) is 21.2 Å². The number of sulfonamides is 2. The Morgan fingerprint density at radius 3 is 2.03 bits per heavy atom. The molecular weight excluding hydrogens is 452 g/mol. The van der Waals surface area contributed by atoms with Crippen LogP contribution >= 0.6 is 0 Å². The third-order valence-corrected chi connectivity index (χ3v) is 6.08. The molecule has 0 atom stereocenters. The maximum absolute atomic E-state index is 11.3. The molecule has 0 radical (unpaired) electrons. The number of primary sulfonamides is 2. The highest BCUT2D eigenvalue weighted by Gasteiger charge is 2.24. The van der Waals surface area contributed by atoms with E-state index in [1.807, 2.05) is 0 Å². The van der Waals surface area contributed by atoms with Gasteiger partial charge >= 0.3 is 0 Å². The normalized spacial score (nSPS) is 15.4. The van der Waals surface area contributed by atoms with E-state index in [0.29, 0.717) is 22.9 Å². The fraction of sp³-hybridized carbons (Fsp3) is 0.176. The monoisotopic (exact) mass is 470 g/mol. The number of hydrogen-bond acceptors (Lipinski definition) is 8. The predicted molar refractivity (Wildman–Crippen MR) is 109 cm³/mol. The van der Waals surface area contributed by atoms with E-state index in [0.717, 1.165) is 0 Å². The maximum atomic E-state index is 11.3. The molecule has 0 spiro atoms. The molecule has 4 rings (SSSR count). The summed E-state index contributed by atoms with van der Waals surface area (Å²) in [4.78, 5) is 23.5. The number of hydrogen-bond donors (Lipinski definition) is 3. The molecule has 2 aromatic rings. The standard InChI is InChI=1S/C9H10N2O4S.C8H8N2O4S/c1-11-7-4-6(16(10,13)14)2-3-8(7)15-5-9(11)12;9-15(12,13)5-1-2-7-6(3-5)10-8(11)4-14-7/h2-4H,5H2,1H3,(H2,10,13,14);1-3H,4H2,(H,10,11)(H2,9,12,13). The Balaban J connectivity index is 0.000000176. The Morgan fingerprint density at radius 2 is 1.42 bits per heavy atom. The number of amides is 2. The van der Waals surface area contributed by atoms with Crippen LogP contribution in [-0.2, 0) is 29.6 Å². The van der Waals surface area contributed by atoms with Gasteiger partial charge in [-0.1, -0.05) is 0 Å². The number of nitrogens with one attached hydrogen (secondary N) is 1. The molecule has 31 heavy (non-hydrogen) atoms. The van der Waals surface area contributed by atoms with E-state index >= 15 is 0 Å². The van der Waals surface area contributed by atoms with E-state index in [1.165, 1.54) is 41.3 Å². The number of nitrogens with zero attached hydrogens (tertiary/aromatic N) is 1. The molecule has 14 heteroatoms. The summed E-state index contributed by atoms with van der Waals surface area (Å²) in [6.07, 6.45) is 0. The number of carbonyl (C=O) groups excluding carboxylic acids is 2. The number of likely N-dealkylation sites (N-methyl/N-ethyl adjacent to an activating group) is 1. The van der Waals surface area contributed by atoms with Gasteiger partial charge in [0, 0.05) is 7.05 Å². The molecular formula is C17H18N4O8S2. The summed E-state index contributed by atoms with van der Waals surface area (Å²) in [7, 11) is -5.98. The van der Waals surface area contributed by atoms with Crippen LogP contribution in [0.3, 0.4) is 0 Å². The van der Waals surface area contributed by atoms with E-state index in [2.05, 4.69) is 5.32 Å². The van der Waals surface area contributed by atoms with Crippen LogP contribution in [0.4, 0.5) is 11.4 Å². The van der Waals surface area contributed by atoms with Crippen LogP contribution in [0.25, 0.3) is 0 Å².